The lowest BCUT2D eigenvalue weighted by atomic mass is 9.85. The Labute approximate surface area is 180 Å². The molecule has 1 saturated heterocycles. The van der Waals surface area contributed by atoms with Crippen LogP contribution in [0.3, 0.4) is 0 Å². The molecule has 2 aromatic carbocycles. The fraction of sp³-hybridized carbons (Fsp3) is 0.364. The van der Waals surface area contributed by atoms with Gasteiger partial charge in [0.1, 0.15) is 10.8 Å². The van der Waals surface area contributed by atoms with Gasteiger partial charge < -0.3 is 10.6 Å². The summed E-state index contributed by atoms with van der Waals surface area (Å²) in [5.74, 6) is 0.455. The molecule has 3 aromatic rings. The van der Waals surface area contributed by atoms with E-state index in [-0.39, 0.29) is 24.1 Å². The van der Waals surface area contributed by atoms with Crippen molar-refractivity contribution in [1.29, 1.82) is 0 Å². The van der Waals surface area contributed by atoms with Gasteiger partial charge in [-0.15, -0.1) is 23.7 Å². The molecule has 7 heteroatoms. The van der Waals surface area contributed by atoms with Crippen LogP contribution in [0, 0.1) is 17.7 Å². The molecule has 154 valence electrons. The second-order valence-corrected chi connectivity index (χ2v) is 8.54. The highest BCUT2D eigenvalue weighted by atomic mass is 35.5. The first kappa shape index (κ1) is 21.7. The lowest BCUT2D eigenvalue weighted by molar-refractivity contribution is -0.117. The van der Waals surface area contributed by atoms with E-state index in [1.165, 1.54) is 23.5 Å². The molecule has 0 bridgehead atoms. The van der Waals surface area contributed by atoms with E-state index in [2.05, 4.69) is 22.5 Å². The van der Waals surface area contributed by atoms with Crippen molar-refractivity contribution in [2.75, 3.05) is 18.4 Å². The summed E-state index contributed by atoms with van der Waals surface area (Å²) in [5, 5.41) is 7.11. The Hall–Kier alpha value is -2.02. The lowest BCUT2D eigenvalue weighted by Crippen LogP contribution is -2.34. The van der Waals surface area contributed by atoms with Crippen molar-refractivity contribution in [1.82, 2.24) is 10.3 Å². The van der Waals surface area contributed by atoms with Crippen molar-refractivity contribution in [3.63, 3.8) is 0 Å². The van der Waals surface area contributed by atoms with E-state index in [0.29, 0.717) is 34.5 Å². The molecule has 4 rings (SSSR count). The molecular weight excluding hydrogens is 409 g/mol. The van der Waals surface area contributed by atoms with Crippen molar-refractivity contribution >= 4 is 45.6 Å². The number of carbonyl (C=O) groups excluding carboxylic acids is 1. The first-order chi connectivity index (χ1) is 13.6. The Bertz CT molecular complexity index is 954. The molecule has 0 spiro atoms. The second-order valence-electron chi connectivity index (χ2n) is 7.51. The number of anilines is 1. The number of carbonyl (C=O) groups is 1. The molecule has 1 aliphatic rings. The van der Waals surface area contributed by atoms with E-state index in [1.807, 2.05) is 24.3 Å². The van der Waals surface area contributed by atoms with Gasteiger partial charge in [0.25, 0.3) is 0 Å². The molecule has 1 aromatic heterocycles. The molecule has 0 saturated carbocycles. The zero-order chi connectivity index (χ0) is 19.5. The van der Waals surface area contributed by atoms with Gasteiger partial charge in [-0.05, 0) is 68.1 Å². The topological polar surface area (TPSA) is 54.0 Å². The maximum atomic E-state index is 13.9. The van der Waals surface area contributed by atoms with Gasteiger partial charge in [-0.2, -0.15) is 0 Å². The largest absolute Gasteiger partial charge is 0.325 e. The predicted molar refractivity (Wildman–Crippen MR) is 120 cm³/mol. The quantitative estimate of drug-likeness (QED) is 0.559. The highest BCUT2D eigenvalue weighted by Gasteiger charge is 2.22. The number of hydrogen-bond acceptors (Lipinski definition) is 4. The molecule has 2 N–H and O–H groups in total. The Morgan fingerprint density at radius 3 is 2.93 bits per heavy atom. The van der Waals surface area contributed by atoms with Crippen LogP contribution in [-0.4, -0.2) is 24.0 Å². The SMILES string of the molecule is CC(CC(=O)Nc1ccc(F)cc1-c1nc2ccccc2s1)C1CCCNC1.Cl. The van der Waals surface area contributed by atoms with Gasteiger partial charge >= 0.3 is 0 Å². The smallest absolute Gasteiger partial charge is 0.224 e. The number of hydrogen-bond donors (Lipinski definition) is 2. The van der Waals surface area contributed by atoms with Crippen LogP contribution in [0.2, 0.25) is 0 Å². The van der Waals surface area contributed by atoms with Crippen LogP contribution in [0.15, 0.2) is 42.5 Å². The molecule has 2 atom stereocenters. The van der Waals surface area contributed by atoms with Crippen molar-refractivity contribution < 1.29 is 9.18 Å². The van der Waals surface area contributed by atoms with Gasteiger partial charge in [0.15, 0.2) is 0 Å². The van der Waals surface area contributed by atoms with E-state index in [1.54, 1.807) is 6.07 Å². The fourth-order valence-corrected chi connectivity index (χ4v) is 4.81. The third-order valence-corrected chi connectivity index (χ3v) is 6.50. The molecule has 1 fully saturated rings. The second kappa shape index (κ2) is 9.65. The fourth-order valence-electron chi connectivity index (χ4n) is 3.81. The van der Waals surface area contributed by atoms with E-state index < -0.39 is 0 Å². The number of aromatic nitrogens is 1. The molecule has 1 aliphatic heterocycles. The monoisotopic (exact) mass is 433 g/mol. The molecule has 2 unspecified atom stereocenters. The van der Waals surface area contributed by atoms with Crippen LogP contribution < -0.4 is 10.6 Å². The Kier molecular flexibility index (Phi) is 7.22. The summed E-state index contributed by atoms with van der Waals surface area (Å²) in [7, 11) is 0. The number of rotatable bonds is 5. The van der Waals surface area contributed by atoms with Gasteiger partial charge in [-0.3, -0.25) is 4.79 Å². The first-order valence-electron chi connectivity index (χ1n) is 9.76. The van der Waals surface area contributed by atoms with Gasteiger partial charge in [-0.25, -0.2) is 9.37 Å². The van der Waals surface area contributed by atoms with E-state index in [9.17, 15) is 9.18 Å². The predicted octanol–water partition coefficient (Wildman–Crippen LogP) is 5.49. The number of amides is 1. The zero-order valence-corrected chi connectivity index (χ0v) is 17.9. The summed E-state index contributed by atoms with van der Waals surface area (Å²) >= 11 is 1.50. The Morgan fingerprint density at radius 1 is 1.34 bits per heavy atom. The summed E-state index contributed by atoms with van der Waals surface area (Å²) in [6.07, 6.45) is 2.79. The van der Waals surface area contributed by atoms with Crippen LogP contribution in [-0.2, 0) is 4.79 Å². The minimum absolute atomic E-state index is 0. The summed E-state index contributed by atoms with van der Waals surface area (Å²) in [6, 6.07) is 12.3. The first-order valence-corrected chi connectivity index (χ1v) is 10.6. The highest BCUT2D eigenvalue weighted by molar-refractivity contribution is 7.21. The third kappa shape index (κ3) is 5.13. The Morgan fingerprint density at radius 2 is 2.17 bits per heavy atom. The van der Waals surface area contributed by atoms with Crippen LogP contribution in [0.1, 0.15) is 26.2 Å². The van der Waals surface area contributed by atoms with Crippen molar-refractivity contribution in [2.24, 2.45) is 11.8 Å². The van der Waals surface area contributed by atoms with Crippen molar-refractivity contribution in [3.05, 3.63) is 48.3 Å². The third-order valence-electron chi connectivity index (χ3n) is 5.43. The molecule has 2 heterocycles. The average Bonchev–Trinajstić information content (AvgIpc) is 3.14. The zero-order valence-electron chi connectivity index (χ0n) is 16.3. The number of fused-ring (bicyclic) bond motifs is 1. The number of piperidine rings is 1. The van der Waals surface area contributed by atoms with Gasteiger partial charge in [0.05, 0.1) is 15.9 Å². The van der Waals surface area contributed by atoms with Gasteiger partial charge in [0.2, 0.25) is 5.91 Å². The number of para-hydroxylation sites is 1. The number of thiazole rings is 1. The normalized spacial score (nSPS) is 17.5. The highest BCUT2D eigenvalue weighted by Crippen LogP contribution is 2.35. The number of halogens is 2. The van der Waals surface area contributed by atoms with Crippen LogP contribution >= 0.6 is 23.7 Å². The maximum absolute atomic E-state index is 13.9. The van der Waals surface area contributed by atoms with E-state index >= 15 is 0 Å². The minimum atomic E-state index is -0.339. The summed E-state index contributed by atoms with van der Waals surface area (Å²) in [4.78, 5) is 17.3. The summed E-state index contributed by atoms with van der Waals surface area (Å²) < 4.78 is 15.0. The minimum Gasteiger partial charge on any atom is -0.325 e. The summed E-state index contributed by atoms with van der Waals surface area (Å²) in [6.45, 7) is 4.18. The van der Waals surface area contributed by atoms with Crippen LogP contribution in [0.4, 0.5) is 10.1 Å². The van der Waals surface area contributed by atoms with Crippen molar-refractivity contribution in [2.45, 2.75) is 26.2 Å². The standard InChI is InChI=1S/C22H24FN3OS.ClH/c1-14(15-5-4-10-24-13-15)11-21(27)25-18-9-8-16(23)12-17(18)22-26-19-6-2-3-7-20(19)28-22;/h2-3,6-9,12,14-15,24H,4-5,10-11,13H2,1H3,(H,25,27);1H. The molecule has 1 amide bonds. The molecule has 0 radical (unpaired) electrons. The van der Waals surface area contributed by atoms with Crippen molar-refractivity contribution in [3.8, 4) is 10.6 Å². The summed E-state index contributed by atoms with van der Waals surface area (Å²) in [5.41, 5.74) is 2.11. The molecule has 29 heavy (non-hydrogen) atoms. The Balaban J connectivity index is 0.00000240. The van der Waals surface area contributed by atoms with Gasteiger partial charge in [-0.1, -0.05) is 19.1 Å². The maximum Gasteiger partial charge on any atom is 0.224 e. The van der Waals surface area contributed by atoms with E-state index in [0.717, 1.165) is 36.1 Å². The van der Waals surface area contributed by atoms with Gasteiger partial charge in [0, 0.05) is 12.0 Å². The molecule has 0 aliphatic carbocycles. The number of nitrogens with one attached hydrogen (secondary N) is 2. The van der Waals surface area contributed by atoms with Crippen LogP contribution in [0.25, 0.3) is 20.8 Å². The number of benzene rings is 2. The lowest BCUT2D eigenvalue weighted by Gasteiger charge is -2.28. The van der Waals surface area contributed by atoms with E-state index in [4.69, 9.17) is 0 Å². The molecule has 4 nitrogen and oxygen atoms in total. The number of nitrogens with zero attached hydrogens (tertiary/aromatic N) is 1. The average molecular weight is 434 g/mol. The van der Waals surface area contributed by atoms with Crippen LogP contribution in [0.5, 0.6) is 0 Å². The molecular formula is C22H25ClFN3OS.